The van der Waals surface area contributed by atoms with Crippen molar-refractivity contribution in [3.63, 3.8) is 0 Å². The highest BCUT2D eigenvalue weighted by atomic mass is 35.5. The fourth-order valence-corrected chi connectivity index (χ4v) is 3.14. The van der Waals surface area contributed by atoms with E-state index in [1.165, 1.54) is 6.08 Å². The first-order valence-corrected chi connectivity index (χ1v) is 9.42. The highest BCUT2D eigenvalue weighted by molar-refractivity contribution is 6.37. The predicted molar refractivity (Wildman–Crippen MR) is 111 cm³/mol. The van der Waals surface area contributed by atoms with E-state index in [0.29, 0.717) is 22.2 Å². The van der Waals surface area contributed by atoms with E-state index in [2.05, 4.69) is 10.6 Å². The number of piperazine rings is 1. The van der Waals surface area contributed by atoms with Gasteiger partial charge in [0.2, 0.25) is 0 Å². The number of ether oxygens (including phenoxy) is 1. The number of hydrogen-bond donors (Lipinski definition) is 2. The molecule has 1 unspecified atom stereocenters. The first-order chi connectivity index (χ1) is 13.5. The van der Waals surface area contributed by atoms with Crippen molar-refractivity contribution < 1.29 is 14.3 Å². The molecule has 1 atom stereocenters. The normalized spacial score (nSPS) is 18.2. The van der Waals surface area contributed by atoms with Crippen LogP contribution in [0.4, 0.5) is 0 Å². The monoisotopic (exact) mass is 416 g/mol. The minimum absolute atomic E-state index is 0.0886. The average Bonchev–Trinajstić information content (AvgIpc) is 2.67. The minimum atomic E-state index is -0.780. The van der Waals surface area contributed by atoms with Crippen molar-refractivity contribution in [2.45, 2.75) is 13.0 Å². The largest absolute Gasteiger partial charge is 0.494 e. The molecule has 1 aliphatic heterocycles. The molecule has 0 saturated carbocycles. The summed E-state index contributed by atoms with van der Waals surface area (Å²) in [6, 6.07) is 11.7. The van der Waals surface area contributed by atoms with Crippen molar-refractivity contribution in [1.82, 2.24) is 10.6 Å². The van der Waals surface area contributed by atoms with E-state index in [0.717, 1.165) is 11.3 Å². The van der Waals surface area contributed by atoms with E-state index >= 15 is 0 Å². The fraction of sp³-hybridized carbons (Fsp3) is 0.143. The molecule has 28 heavy (non-hydrogen) atoms. The first-order valence-electron chi connectivity index (χ1n) is 8.66. The van der Waals surface area contributed by atoms with Crippen LogP contribution in [0, 0.1) is 0 Å². The van der Waals surface area contributed by atoms with Crippen molar-refractivity contribution in [3.8, 4) is 5.75 Å². The van der Waals surface area contributed by atoms with Crippen LogP contribution in [0.5, 0.6) is 5.75 Å². The van der Waals surface area contributed by atoms with Gasteiger partial charge in [0, 0.05) is 15.6 Å². The molecule has 2 N–H and O–H groups in total. The van der Waals surface area contributed by atoms with Crippen LogP contribution in [0.15, 0.2) is 54.2 Å². The topological polar surface area (TPSA) is 67.4 Å². The van der Waals surface area contributed by atoms with Crippen LogP contribution in [0.2, 0.25) is 10.0 Å². The molecule has 0 spiro atoms. The number of nitrogens with one attached hydrogen (secondary N) is 2. The van der Waals surface area contributed by atoms with Gasteiger partial charge in [-0.15, -0.1) is 0 Å². The van der Waals surface area contributed by atoms with Crippen molar-refractivity contribution in [2.75, 3.05) is 6.61 Å². The van der Waals surface area contributed by atoms with Crippen molar-refractivity contribution in [1.29, 1.82) is 0 Å². The molecule has 3 rings (SSSR count). The van der Waals surface area contributed by atoms with Crippen LogP contribution in [0.3, 0.4) is 0 Å². The van der Waals surface area contributed by atoms with Crippen LogP contribution in [-0.4, -0.2) is 24.5 Å². The number of amides is 2. The Morgan fingerprint density at radius 1 is 1.07 bits per heavy atom. The highest BCUT2D eigenvalue weighted by Gasteiger charge is 2.28. The molecule has 0 aliphatic carbocycles. The molecule has 1 saturated heterocycles. The summed E-state index contributed by atoms with van der Waals surface area (Å²) in [4.78, 5) is 24.7. The van der Waals surface area contributed by atoms with Gasteiger partial charge in [-0.05, 0) is 42.8 Å². The maximum Gasteiger partial charge on any atom is 0.268 e. The molecule has 1 aliphatic rings. The number of rotatable bonds is 5. The molecule has 7 heteroatoms. The smallest absolute Gasteiger partial charge is 0.268 e. The summed E-state index contributed by atoms with van der Waals surface area (Å²) in [6.45, 7) is 2.51. The standard InChI is InChI=1S/C21H18Cl2N2O3/c1-2-28-14-9-6-13(7-10-14)8-11-18-20(26)25-19(21(27)24-18)12-15-16(22)4-3-5-17(15)23/h3-12,18H,2H2,1H3,(H,24,27)(H,25,26). The Kier molecular flexibility index (Phi) is 6.39. The maximum atomic E-state index is 12.4. The third-order valence-electron chi connectivity index (χ3n) is 4.03. The van der Waals surface area contributed by atoms with Crippen molar-refractivity contribution in [3.05, 3.63) is 75.4 Å². The van der Waals surface area contributed by atoms with Crippen LogP contribution in [0.25, 0.3) is 12.2 Å². The summed E-state index contributed by atoms with van der Waals surface area (Å²) in [6.07, 6.45) is 4.85. The quantitative estimate of drug-likeness (QED) is 0.722. The lowest BCUT2D eigenvalue weighted by atomic mass is 10.1. The molecule has 1 fully saturated rings. The molecule has 0 aromatic heterocycles. The van der Waals surface area contributed by atoms with Gasteiger partial charge in [0.1, 0.15) is 17.5 Å². The Morgan fingerprint density at radius 3 is 2.39 bits per heavy atom. The SMILES string of the molecule is CCOc1ccc(C=CC2NC(=O)C(=Cc3c(Cl)cccc3Cl)NC2=O)cc1. The molecule has 5 nitrogen and oxygen atoms in total. The summed E-state index contributed by atoms with van der Waals surface area (Å²) in [5.74, 6) is 0.00418. The highest BCUT2D eigenvalue weighted by Crippen LogP contribution is 2.26. The van der Waals surface area contributed by atoms with Crippen LogP contribution in [0.1, 0.15) is 18.1 Å². The summed E-state index contributed by atoms with van der Waals surface area (Å²) in [5, 5.41) is 6.04. The van der Waals surface area contributed by atoms with Crippen molar-refractivity contribution >= 4 is 47.2 Å². The van der Waals surface area contributed by atoms with Gasteiger partial charge in [-0.3, -0.25) is 9.59 Å². The second kappa shape index (κ2) is 8.95. The van der Waals surface area contributed by atoms with Crippen molar-refractivity contribution in [2.24, 2.45) is 0 Å². The predicted octanol–water partition coefficient (Wildman–Crippen LogP) is 4.06. The van der Waals surface area contributed by atoms with Gasteiger partial charge in [-0.1, -0.05) is 53.6 Å². The summed E-state index contributed by atoms with van der Waals surface area (Å²) in [7, 11) is 0. The third kappa shape index (κ3) is 4.74. The molecule has 0 bridgehead atoms. The van der Waals surface area contributed by atoms with Crippen LogP contribution < -0.4 is 15.4 Å². The fourth-order valence-electron chi connectivity index (χ4n) is 2.63. The molecule has 0 radical (unpaired) electrons. The zero-order valence-corrected chi connectivity index (χ0v) is 16.6. The minimum Gasteiger partial charge on any atom is -0.494 e. The van der Waals surface area contributed by atoms with Gasteiger partial charge >= 0.3 is 0 Å². The summed E-state index contributed by atoms with van der Waals surface area (Å²) in [5.41, 5.74) is 1.44. The van der Waals surface area contributed by atoms with E-state index in [9.17, 15) is 9.59 Å². The number of benzene rings is 2. The zero-order chi connectivity index (χ0) is 20.1. The third-order valence-corrected chi connectivity index (χ3v) is 4.69. The Balaban J connectivity index is 1.72. The molecule has 144 valence electrons. The van der Waals surface area contributed by atoms with Gasteiger partial charge in [0.05, 0.1) is 6.61 Å². The molecule has 1 heterocycles. The van der Waals surface area contributed by atoms with E-state index in [4.69, 9.17) is 27.9 Å². The number of carbonyl (C=O) groups excluding carboxylic acids is 2. The van der Waals surface area contributed by atoms with Crippen LogP contribution >= 0.6 is 23.2 Å². The second-order valence-electron chi connectivity index (χ2n) is 5.99. The van der Waals surface area contributed by atoms with Gasteiger partial charge in [-0.25, -0.2) is 0 Å². The Hall–Kier alpha value is -2.76. The Morgan fingerprint density at radius 2 is 1.75 bits per heavy atom. The summed E-state index contributed by atoms with van der Waals surface area (Å²) < 4.78 is 5.39. The van der Waals surface area contributed by atoms with Gasteiger partial charge < -0.3 is 15.4 Å². The number of halogens is 2. The summed E-state index contributed by atoms with van der Waals surface area (Å²) >= 11 is 12.2. The lowest BCUT2D eigenvalue weighted by molar-refractivity contribution is -0.129. The van der Waals surface area contributed by atoms with E-state index in [1.807, 2.05) is 31.2 Å². The lowest BCUT2D eigenvalue weighted by Crippen LogP contribution is -2.53. The molecular weight excluding hydrogens is 399 g/mol. The lowest BCUT2D eigenvalue weighted by Gasteiger charge is -2.23. The maximum absolute atomic E-state index is 12.4. The van der Waals surface area contributed by atoms with Gasteiger partial charge in [0.15, 0.2) is 0 Å². The van der Waals surface area contributed by atoms with Crippen LogP contribution in [-0.2, 0) is 9.59 Å². The van der Waals surface area contributed by atoms with Gasteiger partial charge in [-0.2, -0.15) is 0 Å². The zero-order valence-electron chi connectivity index (χ0n) is 15.0. The molecule has 2 amide bonds. The van der Waals surface area contributed by atoms with E-state index in [1.54, 1.807) is 30.4 Å². The first kappa shape index (κ1) is 20.0. The molecular formula is C21H18Cl2N2O3. The molecule has 2 aromatic carbocycles. The average molecular weight is 417 g/mol. The number of carbonyl (C=O) groups is 2. The second-order valence-corrected chi connectivity index (χ2v) is 6.81. The Bertz CT molecular complexity index is 932. The number of hydrogen-bond acceptors (Lipinski definition) is 3. The Labute approximate surface area is 173 Å². The molecule has 2 aromatic rings. The van der Waals surface area contributed by atoms with Gasteiger partial charge in [0.25, 0.3) is 11.8 Å². The van der Waals surface area contributed by atoms with E-state index < -0.39 is 11.9 Å². The van der Waals surface area contributed by atoms with E-state index in [-0.39, 0.29) is 11.6 Å².